The Bertz CT molecular complexity index is 944. The topological polar surface area (TPSA) is 117 Å². The summed E-state index contributed by atoms with van der Waals surface area (Å²) in [5, 5.41) is 15.2. The van der Waals surface area contributed by atoms with Crippen LogP contribution in [0.25, 0.3) is 0 Å². The summed E-state index contributed by atoms with van der Waals surface area (Å²) in [7, 11) is 0. The van der Waals surface area contributed by atoms with Gasteiger partial charge in [0.1, 0.15) is 12.1 Å². The van der Waals surface area contributed by atoms with Gasteiger partial charge in [-0.1, -0.05) is 36.4 Å². The highest BCUT2D eigenvalue weighted by Gasteiger charge is 2.20. The molecule has 3 aromatic rings. The fraction of sp³-hybridized carbons (Fsp3) is 0.273. The first-order valence-electron chi connectivity index (χ1n) is 9.76. The number of oxazole rings is 1. The minimum Gasteiger partial charge on any atom is -0.481 e. The highest BCUT2D eigenvalue weighted by atomic mass is 16.4. The van der Waals surface area contributed by atoms with Crippen molar-refractivity contribution in [2.45, 2.75) is 25.2 Å². The van der Waals surface area contributed by atoms with E-state index in [0.29, 0.717) is 25.4 Å². The maximum Gasteiger partial charge on any atom is 0.303 e. The van der Waals surface area contributed by atoms with Crippen LogP contribution in [0.1, 0.15) is 40.7 Å². The number of aliphatic carboxylic acids is 1. The van der Waals surface area contributed by atoms with Crippen LogP contribution in [0.4, 0.5) is 5.82 Å². The SMILES string of the molecule is O=C(O)CC(Cc1nc(C(=O)NCCCNc2ccccn2)co1)c1ccccc1. The lowest BCUT2D eigenvalue weighted by Crippen LogP contribution is -2.26. The largest absolute Gasteiger partial charge is 0.481 e. The molecule has 0 saturated carbocycles. The van der Waals surface area contributed by atoms with Gasteiger partial charge >= 0.3 is 5.97 Å². The highest BCUT2D eigenvalue weighted by Crippen LogP contribution is 2.24. The van der Waals surface area contributed by atoms with Crippen LogP contribution in [-0.2, 0) is 11.2 Å². The van der Waals surface area contributed by atoms with E-state index >= 15 is 0 Å². The van der Waals surface area contributed by atoms with E-state index in [1.54, 1.807) is 6.20 Å². The van der Waals surface area contributed by atoms with Gasteiger partial charge in [-0.2, -0.15) is 0 Å². The molecule has 0 saturated heterocycles. The van der Waals surface area contributed by atoms with Gasteiger partial charge in [0, 0.05) is 31.6 Å². The van der Waals surface area contributed by atoms with Gasteiger partial charge < -0.3 is 20.2 Å². The van der Waals surface area contributed by atoms with Crippen LogP contribution in [0.15, 0.2) is 65.4 Å². The first-order valence-corrected chi connectivity index (χ1v) is 9.76. The van der Waals surface area contributed by atoms with Crippen molar-refractivity contribution in [1.82, 2.24) is 15.3 Å². The Morgan fingerprint density at radius 3 is 2.60 bits per heavy atom. The van der Waals surface area contributed by atoms with Crippen LogP contribution in [0, 0.1) is 0 Å². The van der Waals surface area contributed by atoms with Gasteiger partial charge in [-0.3, -0.25) is 9.59 Å². The summed E-state index contributed by atoms with van der Waals surface area (Å²) in [6.45, 7) is 1.15. The van der Waals surface area contributed by atoms with Crippen molar-refractivity contribution < 1.29 is 19.1 Å². The third kappa shape index (κ3) is 6.44. The number of aromatic nitrogens is 2. The zero-order chi connectivity index (χ0) is 21.2. The van der Waals surface area contributed by atoms with Gasteiger partial charge in [-0.25, -0.2) is 9.97 Å². The summed E-state index contributed by atoms with van der Waals surface area (Å²) < 4.78 is 5.42. The van der Waals surface area contributed by atoms with Crippen molar-refractivity contribution in [1.29, 1.82) is 0 Å². The smallest absolute Gasteiger partial charge is 0.303 e. The minimum absolute atomic E-state index is 0.0444. The normalized spacial score (nSPS) is 11.6. The molecule has 2 heterocycles. The fourth-order valence-electron chi connectivity index (χ4n) is 3.03. The van der Waals surface area contributed by atoms with Crippen LogP contribution in [0.3, 0.4) is 0 Å². The van der Waals surface area contributed by atoms with Gasteiger partial charge in [0.25, 0.3) is 5.91 Å². The lowest BCUT2D eigenvalue weighted by Gasteiger charge is -2.13. The van der Waals surface area contributed by atoms with E-state index in [4.69, 9.17) is 4.42 Å². The molecule has 0 spiro atoms. The number of hydrogen-bond acceptors (Lipinski definition) is 6. The van der Waals surface area contributed by atoms with Gasteiger partial charge in [-0.15, -0.1) is 0 Å². The summed E-state index contributed by atoms with van der Waals surface area (Å²) in [6, 6.07) is 15.0. The number of benzene rings is 1. The van der Waals surface area contributed by atoms with Crippen LogP contribution >= 0.6 is 0 Å². The zero-order valence-electron chi connectivity index (χ0n) is 16.5. The molecule has 0 bridgehead atoms. The second-order valence-electron chi connectivity index (χ2n) is 6.79. The van der Waals surface area contributed by atoms with E-state index in [1.165, 1.54) is 6.26 Å². The molecule has 8 heteroatoms. The van der Waals surface area contributed by atoms with Crippen LogP contribution < -0.4 is 10.6 Å². The zero-order valence-corrected chi connectivity index (χ0v) is 16.5. The Morgan fingerprint density at radius 2 is 1.87 bits per heavy atom. The average Bonchev–Trinajstić information content (AvgIpc) is 3.23. The Morgan fingerprint density at radius 1 is 1.07 bits per heavy atom. The lowest BCUT2D eigenvalue weighted by atomic mass is 9.92. The first kappa shape index (κ1) is 21.0. The summed E-state index contributed by atoms with van der Waals surface area (Å²) in [5.41, 5.74) is 1.08. The predicted molar refractivity (Wildman–Crippen MR) is 111 cm³/mol. The lowest BCUT2D eigenvalue weighted by molar-refractivity contribution is -0.137. The van der Waals surface area contributed by atoms with Crippen molar-refractivity contribution >= 4 is 17.7 Å². The number of rotatable bonds is 11. The molecule has 0 fully saturated rings. The Kier molecular flexibility index (Phi) is 7.54. The number of carboxylic acids is 1. The fourth-order valence-corrected chi connectivity index (χ4v) is 3.03. The Balaban J connectivity index is 1.48. The van der Waals surface area contributed by atoms with E-state index < -0.39 is 5.97 Å². The third-order valence-corrected chi connectivity index (χ3v) is 4.51. The quantitative estimate of drug-likeness (QED) is 0.417. The van der Waals surface area contributed by atoms with Gasteiger partial charge in [0.2, 0.25) is 0 Å². The number of carboxylic acid groups (broad SMARTS) is 1. The van der Waals surface area contributed by atoms with Crippen LogP contribution in [0.5, 0.6) is 0 Å². The molecule has 8 nitrogen and oxygen atoms in total. The first-order chi connectivity index (χ1) is 14.6. The number of anilines is 1. The van der Waals surface area contributed by atoms with E-state index in [-0.39, 0.29) is 23.9 Å². The average molecular weight is 408 g/mol. The van der Waals surface area contributed by atoms with Crippen LogP contribution in [0.2, 0.25) is 0 Å². The van der Waals surface area contributed by atoms with Gasteiger partial charge in [0.15, 0.2) is 11.6 Å². The molecular formula is C22H24N4O4. The van der Waals surface area contributed by atoms with Gasteiger partial charge in [-0.05, 0) is 24.1 Å². The number of carbonyl (C=O) groups excluding carboxylic acids is 1. The molecule has 3 N–H and O–H groups in total. The highest BCUT2D eigenvalue weighted by molar-refractivity contribution is 5.91. The number of pyridine rings is 1. The number of carbonyl (C=O) groups is 2. The van der Waals surface area contributed by atoms with Crippen molar-refractivity contribution in [3.8, 4) is 0 Å². The van der Waals surface area contributed by atoms with Crippen LogP contribution in [-0.4, -0.2) is 40.0 Å². The molecular weight excluding hydrogens is 384 g/mol. The summed E-state index contributed by atoms with van der Waals surface area (Å²) in [5.74, 6) is -0.368. The maximum atomic E-state index is 12.3. The molecule has 30 heavy (non-hydrogen) atoms. The summed E-state index contributed by atoms with van der Waals surface area (Å²) in [6.07, 6.45) is 4.00. The Hall–Kier alpha value is -3.68. The number of nitrogens with zero attached hydrogens (tertiary/aromatic N) is 2. The predicted octanol–water partition coefficient (Wildman–Crippen LogP) is 3.10. The third-order valence-electron chi connectivity index (χ3n) is 4.51. The Labute approximate surface area is 174 Å². The molecule has 2 aromatic heterocycles. The minimum atomic E-state index is -0.896. The molecule has 0 aliphatic heterocycles. The number of amides is 1. The van der Waals surface area contributed by atoms with E-state index in [0.717, 1.165) is 17.8 Å². The second-order valence-corrected chi connectivity index (χ2v) is 6.79. The standard InChI is InChI=1S/C22H24N4O4/c27-21(28)14-17(16-7-2-1-3-8-16)13-20-26-18(15-30-20)22(29)25-12-6-11-24-19-9-4-5-10-23-19/h1-5,7-10,15,17H,6,11-14H2,(H,23,24)(H,25,29)(H,27,28). The second kappa shape index (κ2) is 10.8. The molecule has 3 rings (SSSR count). The molecule has 0 aliphatic carbocycles. The maximum absolute atomic E-state index is 12.3. The number of hydrogen-bond donors (Lipinski definition) is 3. The van der Waals surface area contributed by atoms with Gasteiger partial charge in [0.05, 0.1) is 6.42 Å². The summed E-state index contributed by atoms with van der Waals surface area (Å²) >= 11 is 0. The van der Waals surface area contributed by atoms with Crippen molar-refractivity contribution in [3.63, 3.8) is 0 Å². The van der Waals surface area contributed by atoms with Crippen molar-refractivity contribution in [2.75, 3.05) is 18.4 Å². The molecule has 1 aromatic carbocycles. The van der Waals surface area contributed by atoms with Crippen molar-refractivity contribution in [3.05, 3.63) is 78.1 Å². The molecule has 1 atom stereocenters. The molecule has 156 valence electrons. The van der Waals surface area contributed by atoms with E-state index in [1.807, 2.05) is 48.5 Å². The van der Waals surface area contributed by atoms with E-state index in [2.05, 4.69) is 20.6 Å². The van der Waals surface area contributed by atoms with Crippen molar-refractivity contribution in [2.24, 2.45) is 0 Å². The van der Waals surface area contributed by atoms with E-state index in [9.17, 15) is 14.7 Å². The molecule has 0 aliphatic rings. The molecule has 0 radical (unpaired) electrons. The molecule has 1 amide bonds. The molecule has 1 unspecified atom stereocenters. The monoisotopic (exact) mass is 408 g/mol. The number of nitrogens with one attached hydrogen (secondary N) is 2. The summed E-state index contributed by atoms with van der Waals surface area (Å²) in [4.78, 5) is 31.9.